The number of carbonyl (C=O) groups is 1. The van der Waals surface area contributed by atoms with Gasteiger partial charge >= 0.3 is 5.76 Å². The molecule has 0 aliphatic carbocycles. The Morgan fingerprint density at radius 2 is 1.73 bits per heavy atom. The number of nitrogens with one attached hydrogen (secondary N) is 1. The minimum atomic E-state index is -4.71. The zero-order chi connectivity index (χ0) is 21.9. The summed E-state index contributed by atoms with van der Waals surface area (Å²) in [4.78, 5) is 16.2. The Morgan fingerprint density at radius 1 is 1.07 bits per heavy atom. The van der Waals surface area contributed by atoms with Crippen molar-refractivity contribution in [2.24, 2.45) is 0 Å². The highest BCUT2D eigenvalue weighted by Gasteiger charge is 2.26. The monoisotopic (exact) mass is 454 g/mol. The van der Waals surface area contributed by atoms with Crippen LogP contribution in [0, 0.1) is 0 Å². The van der Waals surface area contributed by atoms with Crippen molar-refractivity contribution >= 4 is 32.2 Å². The topological polar surface area (TPSA) is 94.6 Å². The number of halogens is 2. The number of anilines is 1. The summed E-state index contributed by atoms with van der Waals surface area (Å²) in [7, 11) is -1.66. The fourth-order valence-electron chi connectivity index (χ4n) is 2.53. The fourth-order valence-corrected chi connectivity index (χ4v) is 3.96. The molecule has 0 aliphatic rings. The third-order valence-corrected chi connectivity index (χ3v) is 6.24. The Hall–Kier alpha value is -3.05. The smallest absolute Gasteiger partial charge is 0.341 e. The number of methoxy groups -OCH3 is 2. The summed E-state index contributed by atoms with van der Waals surface area (Å²) in [6.45, 7) is 0. The van der Waals surface area contributed by atoms with Gasteiger partial charge in [0.2, 0.25) is 9.84 Å². The zero-order valence-corrected chi connectivity index (χ0v) is 17.4. The van der Waals surface area contributed by atoms with Crippen LogP contribution in [-0.4, -0.2) is 39.3 Å². The Balaban J connectivity index is 1.75. The normalized spacial score (nSPS) is 11.4. The molecule has 7 nitrogen and oxygen atoms in total. The number of nitrogens with zero attached hydrogens (tertiary/aromatic N) is 1. The molecule has 1 amide bonds. The molecule has 0 bridgehead atoms. The second-order valence-corrected chi connectivity index (χ2v) is 8.67. The van der Waals surface area contributed by atoms with Gasteiger partial charge in [-0.1, -0.05) is 0 Å². The number of benzene rings is 2. The van der Waals surface area contributed by atoms with Crippen molar-refractivity contribution in [3.05, 3.63) is 53.4 Å². The third-order valence-electron chi connectivity index (χ3n) is 4.08. The molecule has 1 N–H and O–H groups in total. The van der Waals surface area contributed by atoms with Crippen LogP contribution in [0.4, 0.5) is 13.9 Å². The van der Waals surface area contributed by atoms with E-state index in [0.717, 1.165) is 29.8 Å². The summed E-state index contributed by atoms with van der Waals surface area (Å²) in [6.07, 6.45) is 0. The van der Waals surface area contributed by atoms with E-state index in [1.54, 1.807) is 23.6 Å². The summed E-state index contributed by atoms with van der Waals surface area (Å²) in [5.41, 5.74) is 1.46. The number of thiazole rings is 1. The molecule has 2 aromatic carbocycles. The van der Waals surface area contributed by atoms with Crippen LogP contribution in [0.5, 0.6) is 11.5 Å². The van der Waals surface area contributed by atoms with E-state index in [1.165, 1.54) is 25.6 Å². The van der Waals surface area contributed by atoms with Crippen LogP contribution in [0.2, 0.25) is 0 Å². The van der Waals surface area contributed by atoms with Crippen LogP contribution < -0.4 is 14.8 Å². The van der Waals surface area contributed by atoms with E-state index in [1.807, 2.05) is 0 Å². The lowest BCUT2D eigenvalue weighted by molar-refractivity contribution is 0.102. The van der Waals surface area contributed by atoms with Crippen molar-refractivity contribution < 1.29 is 31.5 Å². The molecule has 0 saturated heterocycles. The van der Waals surface area contributed by atoms with E-state index in [2.05, 4.69) is 10.3 Å². The van der Waals surface area contributed by atoms with Crippen molar-refractivity contribution in [1.82, 2.24) is 4.98 Å². The van der Waals surface area contributed by atoms with Gasteiger partial charge in [-0.2, -0.15) is 8.78 Å². The molecule has 0 aliphatic heterocycles. The van der Waals surface area contributed by atoms with Crippen LogP contribution >= 0.6 is 11.3 Å². The van der Waals surface area contributed by atoms with Crippen LogP contribution in [0.15, 0.2) is 52.7 Å². The molecule has 1 heterocycles. The van der Waals surface area contributed by atoms with Gasteiger partial charge in [0, 0.05) is 16.5 Å². The number of hydrogen-bond acceptors (Lipinski definition) is 7. The molecule has 0 saturated carbocycles. The third kappa shape index (κ3) is 4.41. The molecular weight excluding hydrogens is 438 g/mol. The van der Waals surface area contributed by atoms with Gasteiger partial charge in [-0.3, -0.25) is 10.1 Å². The van der Waals surface area contributed by atoms with E-state index in [-0.39, 0.29) is 5.56 Å². The summed E-state index contributed by atoms with van der Waals surface area (Å²) in [5, 5.41) is 4.65. The molecule has 11 heteroatoms. The number of sulfone groups is 1. The maximum absolute atomic E-state index is 12.6. The minimum absolute atomic E-state index is 0.103. The Kier molecular flexibility index (Phi) is 6.32. The second kappa shape index (κ2) is 8.76. The van der Waals surface area contributed by atoms with Crippen LogP contribution in [0.25, 0.3) is 11.3 Å². The Morgan fingerprint density at radius 3 is 2.33 bits per heavy atom. The summed E-state index contributed by atoms with van der Waals surface area (Å²) in [6, 6.07) is 9.54. The first-order valence-electron chi connectivity index (χ1n) is 8.37. The highest BCUT2D eigenvalue weighted by molar-refractivity contribution is 7.91. The van der Waals surface area contributed by atoms with Gasteiger partial charge < -0.3 is 9.47 Å². The number of carbonyl (C=O) groups excluding carboxylic acids is 1. The summed E-state index contributed by atoms with van der Waals surface area (Å²) >= 11 is 1.19. The molecule has 0 unspecified atom stereocenters. The first-order chi connectivity index (χ1) is 14.3. The largest absolute Gasteiger partial charge is 0.493 e. The van der Waals surface area contributed by atoms with Gasteiger partial charge in [0.25, 0.3) is 5.91 Å². The van der Waals surface area contributed by atoms with Crippen molar-refractivity contribution in [1.29, 1.82) is 0 Å². The molecule has 0 fully saturated rings. The maximum Gasteiger partial charge on any atom is 0.341 e. The number of ether oxygens (including phenoxy) is 2. The number of hydrogen-bond donors (Lipinski definition) is 1. The first kappa shape index (κ1) is 21.7. The first-order valence-corrected chi connectivity index (χ1v) is 10.8. The van der Waals surface area contributed by atoms with Gasteiger partial charge in [-0.15, -0.1) is 11.3 Å². The van der Waals surface area contributed by atoms with E-state index >= 15 is 0 Å². The van der Waals surface area contributed by atoms with Gasteiger partial charge in [-0.05, 0) is 42.5 Å². The lowest BCUT2D eigenvalue weighted by Gasteiger charge is -2.08. The molecule has 3 rings (SSSR count). The Labute approximate surface area is 175 Å². The Bertz CT molecular complexity index is 1160. The van der Waals surface area contributed by atoms with Crippen molar-refractivity contribution in [2.45, 2.75) is 10.7 Å². The molecule has 3 aromatic rings. The fraction of sp³-hybridized carbons (Fsp3) is 0.158. The average Bonchev–Trinajstić information content (AvgIpc) is 3.21. The van der Waals surface area contributed by atoms with E-state index in [9.17, 15) is 22.0 Å². The van der Waals surface area contributed by atoms with Crippen LogP contribution in [0.1, 0.15) is 10.4 Å². The minimum Gasteiger partial charge on any atom is -0.493 e. The predicted molar refractivity (Wildman–Crippen MR) is 108 cm³/mol. The van der Waals surface area contributed by atoms with Crippen molar-refractivity contribution in [2.75, 3.05) is 19.5 Å². The molecule has 0 spiro atoms. The maximum atomic E-state index is 12.6. The predicted octanol–water partition coefficient (Wildman–Crippen LogP) is 4.08. The lowest BCUT2D eigenvalue weighted by Crippen LogP contribution is -2.14. The average molecular weight is 454 g/mol. The van der Waals surface area contributed by atoms with Crippen LogP contribution in [-0.2, 0) is 9.84 Å². The molecule has 1 aromatic heterocycles. The van der Waals surface area contributed by atoms with Gasteiger partial charge in [0.1, 0.15) is 0 Å². The lowest BCUT2D eigenvalue weighted by atomic mass is 10.1. The molecule has 0 atom stereocenters. The molecular formula is C19H16F2N2O5S2. The number of aromatic nitrogens is 1. The molecule has 0 radical (unpaired) electrons. The van der Waals surface area contributed by atoms with E-state index in [0.29, 0.717) is 22.3 Å². The zero-order valence-electron chi connectivity index (χ0n) is 15.8. The standard InChI is InChI=1S/C19H16F2N2O5S2/c1-27-15-8-5-12(9-16(15)28-2)14-10-29-19(22-14)23-17(24)11-3-6-13(7-4-11)30(25,26)18(20)21/h3-10,18H,1-2H3,(H,22,23,24). The van der Waals surface area contributed by atoms with Crippen LogP contribution in [0.3, 0.4) is 0 Å². The highest BCUT2D eigenvalue weighted by atomic mass is 32.2. The highest BCUT2D eigenvalue weighted by Crippen LogP contribution is 2.33. The van der Waals surface area contributed by atoms with E-state index in [4.69, 9.17) is 9.47 Å². The summed E-state index contributed by atoms with van der Waals surface area (Å²) < 4.78 is 58.5. The molecule has 158 valence electrons. The van der Waals surface area contributed by atoms with Gasteiger partial charge in [0.05, 0.1) is 24.8 Å². The van der Waals surface area contributed by atoms with E-state index < -0.39 is 26.4 Å². The number of rotatable bonds is 7. The summed E-state index contributed by atoms with van der Waals surface area (Å²) in [5.74, 6) is -2.97. The quantitative estimate of drug-likeness (QED) is 0.578. The van der Waals surface area contributed by atoms with Crippen molar-refractivity contribution in [3.63, 3.8) is 0 Å². The van der Waals surface area contributed by atoms with Crippen molar-refractivity contribution in [3.8, 4) is 22.8 Å². The second-order valence-electron chi connectivity index (χ2n) is 5.89. The number of amides is 1. The van der Waals surface area contributed by atoms with Gasteiger partial charge in [-0.25, -0.2) is 13.4 Å². The SMILES string of the molecule is COc1ccc(-c2csc(NC(=O)c3ccc(S(=O)(=O)C(F)F)cc3)n2)cc1OC. The number of alkyl halides is 2. The molecule has 30 heavy (non-hydrogen) atoms. The van der Waals surface area contributed by atoms with Gasteiger partial charge in [0.15, 0.2) is 16.6 Å².